The molecule has 6 saturated carbocycles. The van der Waals surface area contributed by atoms with Crippen LogP contribution < -0.4 is 0 Å². The fraction of sp³-hybridized carbons (Fsp3) is 0.800. The van der Waals surface area contributed by atoms with Gasteiger partial charge >= 0.3 is 64.9 Å². The predicted molar refractivity (Wildman–Crippen MR) is 216 cm³/mol. The van der Waals surface area contributed by atoms with E-state index in [0.29, 0.717) is 15.8 Å². The van der Waals surface area contributed by atoms with Crippen molar-refractivity contribution in [2.24, 2.45) is 0 Å². The van der Waals surface area contributed by atoms with E-state index in [-0.39, 0.29) is 0 Å². The molecule has 6 aliphatic carbocycles. The second-order valence-corrected chi connectivity index (χ2v) is 23.1. The van der Waals surface area contributed by atoms with Gasteiger partial charge in [0, 0.05) is 0 Å². The molecule has 6 aliphatic rings. The second-order valence-electron chi connectivity index (χ2n) is 16.3. The molecule has 0 aliphatic heterocycles. The Morgan fingerprint density at radius 1 is 0.408 bits per heavy atom. The first-order chi connectivity index (χ1) is 24.3. The zero-order valence-electron chi connectivity index (χ0n) is 31.4. The molecule has 49 heavy (non-hydrogen) atoms. The molecule has 0 bridgehead atoms. The summed E-state index contributed by atoms with van der Waals surface area (Å²) in [6, 6.07) is 10.2. The van der Waals surface area contributed by atoms with Gasteiger partial charge in [-0.15, -0.1) is 0 Å². The van der Waals surface area contributed by atoms with Gasteiger partial charge in [0.25, 0.3) is 6.79 Å². The van der Waals surface area contributed by atoms with Crippen molar-refractivity contribution in [2.45, 2.75) is 227 Å². The van der Waals surface area contributed by atoms with Crippen molar-refractivity contribution in [2.75, 3.05) is 0 Å². The molecule has 0 atom stereocenters. The van der Waals surface area contributed by atoms with Crippen LogP contribution in [0.15, 0.2) is 35.0 Å². The van der Waals surface area contributed by atoms with Crippen LogP contribution in [0.3, 0.4) is 0 Å². The van der Waals surface area contributed by atoms with Crippen LogP contribution in [0.5, 0.6) is 0 Å². The molecule has 0 unspecified atom stereocenters. The van der Waals surface area contributed by atoms with Crippen LogP contribution in [0.4, 0.5) is 0 Å². The maximum atomic E-state index is 7.50. The zero-order valence-corrected chi connectivity index (χ0v) is 34.9. The predicted octanol–water partition coefficient (Wildman–Crippen LogP) is 14.7. The maximum absolute atomic E-state index is 7.50. The van der Waals surface area contributed by atoms with E-state index in [0.717, 1.165) is 0 Å². The molecule has 0 saturated heterocycles. The van der Waals surface area contributed by atoms with E-state index >= 15 is 0 Å². The summed E-state index contributed by atoms with van der Waals surface area (Å²) >= 11 is 2.46. The third-order valence-corrected chi connectivity index (χ3v) is 21.5. The average molecular weight is 793 g/mol. The summed E-state index contributed by atoms with van der Waals surface area (Å²) in [4.78, 5) is 7.50. The first-order valence-electron chi connectivity index (χ1n) is 21.4. The summed E-state index contributed by atoms with van der Waals surface area (Å²) in [5, 5.41) is 0. The SMILES string of the molecule is C1CCC(P(C2CCCCC2)C2CCCCC2)CC1.C1CCC(P(C2CCCCC2)C2CCCCC2)CC1.[C]=O.[Ru][CH]=Cc1ccccc1. The van der Waals surface area contributed by atoms with E-state index in [1.807, 2.05) is 22.9 Å². The van der Waals surface area contributed by atoms with E-state index in [2.05, 4.69) is 43.3 Å². The number of rotatable bonds is 7. The number of benzene rings is 1. The Kier molecular flexibility index (Phi) is 22.2. The van der Waals surface area contributed by atoms with Gasteiger partial charge in [-0.3, -0.25) is 4.79 Å². The third-order valence-electron chi connectivity index (χ3n) is 13.0. The van der Waals surface area contributed by atoms with Crippen molar-refractivity contribution in [3.05, 3.63) is 40.6 Å². The first-order valence-corrected chi connectivity index (χ1v) is 25.5. The third kappa shape index (κ3) is 14.8. The zero-order chi connectivity index (χ0) is 34.4. The molecule has 7 rings (SSSR count). The minimum atomic E-state index is 0.385. The molecule has 1 aromatic carbocycles. The van der Waals surface area contributed by atoms with E-state index in [1.165, 1.54) is 78.0 Å². The van der Waals surface area contributed by atoms with Gasteiger partial charge in [0.1, 0.15) is 0 Å². The van der Waals surface area contributed by atoms with Gasteiger partial charge in [-0.05, 0) is 111 Å². The number of carbonyl (C=O) groups excluding carboxylic acids is 1. The Morgan fingerprint density at radius 2 is 0.633 bits per heavy atom. The molecular formula is C45H73OP2Ru. The summed E-state index contributed by atoms with van der Waals surface area (Å²) < 4.78 is 1.97. The molecule has 0 amide bonds. The molecule has 277 valence electrons. The van der Waals surface area contributed by atoms with E-state index in [1.54, 1.807) is 154 Å². The van der Waals surface area contributed by atoms with Gasteiger partial charge < -0.3 is 0 Å². The number of hydrogen-bond acceptors (Lipinski definition) is 1. The fourth-order valence-corrected chi connectivity index (χ4v) is 20.4. The summed E-state index contributed by atoms with van der Waals surface area (Å²) in [5.41, 5.74) is 8.38. The summed E-state index contributed by atoms with van der Waals surface area (Å²) in [6.07, 6.45) is 49.3. The Morgan fingerprint density at radius 3 is 0.837 bits per heavy atom. The molecule has 1 aromatic rings. The number of hydrogen-bond donors (Lipinski definition) is 0. The van der Waals surface area contributed by atoms with Gasteiger partial charge in [0.2, 0.25) is 0 Å². The standard InChI is InChI=1S/2C18H33P.C8H7.CO.Ru/c2*1-4-10-16(11-5-1)19(17-12-6-2-7-13-17)18-14-8-3-9-15-18;1-2-8-6-4-3-5-7-8;1-2;/h2*16-18H,1-15H2;1-7H;;. The van der Waals surface area contributed by atoms with E-state index < -0.39 is 0 Å². The average Bonchev–Trinajstić information content (AvgIpc) is 3.20. The molecule has 0 heterocycles. The Labute approximate surface area is 317 Å². The normalized spacial score (nSPS) is 24.4. The van der Waals surface area contributed by atoms with Crippen LogP contribution >= 0.6 is 15.8 Å². The van der Waals surface area contributed by atoms with Crippen LogP contribution in [0.1, 0.15) is 198 Å². The van der Waals surface area contributed by atoms with Crippen molar-refractivity contribution in [3.63, 3.8) is 0 Å². The summed E-state index contributed by atoms with van der Waals surface area (Å²) in [5.74, 6) is 0. The molecule has 0 N–H and O–H groups in total. The topological polar surface area (TPSA) is 17.1 Å². The molecule has 2 radical (unpaired) electrons. The Balaban J connectivity index is 0.000000171. The molecule has 0 aromatic heterocycles. The molecule has 1 nitrogen and oxygen atoms in total. The van der Waals surface area contributed by atoms with Crippen molar-refractivity contribution in [3.8, 4) is 0 Å². The second kappa shape index (κ2) is 26.0. The summed E-state index contributed by atoms with van der Waals surface area (Å²) in [6.45, 7) is 4.50. The van der Waals surface area contributed by atoms with E-state index in [9.17, 15) is 0 Å². The molecule has 0 spiro atoms. The molecule has 4 heteroatoms. The van der Waals surface area contributed by atoms with Crippen molar-refractivity contribution in [1.29, 1.82) is 0 Å². The van der Waals surface area contributed by atoms with Gasteiger partial charge in [0.05, 0.1) is 0 Å². The van der Waals surface area contributed by atoms with Gasteiger partial charge in [-0.25, -0.2) is 0 Å². The molecular weight excluding hydrogens is 720 g/mol. The van der Waals surface area contributed by atoms with E-state index in [4.69, 9.17) is 4.79 Å². The quantitative estimate of drug-likeness (QED) is 0.199. The van der Waals surface area contributed by atoms with Crippen molar-refractivity contribution in [1.82, 2.24) is 0 Å². The van der Waals surface area contributed by atoms with Crippen LogP contribution in [-0.4, -0.2) is 40.7 Å². The first kappa shape index (κ1) is 41.9. The van der Waals surface area contributed by atoms with Crippen LogP contribution in [0.2, 0.25) is 0 Å². The van der Waals surface area contributed by atoms with Crippen molar-refractivity contribution >= 4 is 28.7 Å². The Bertz CT molecular complexity index is 810. The van der Waals surface area contributed by atoms with Gasteiger partial charge in [0.15, 0.2) is 0 Å². The fourth-order valence-electron chi connectivity index (χ4n) is 10.7. The minimum absolute atomic E-state index is 0.385. The van der Waals surface area contributed by atoms with Gasteiger partial charge in [-0.1, -0.05) is 131 Å². The van der Waals surface area contributed by atoms with Crippen molar-refractivity contribution < 1.29 is 23.1 Å². The molecule has 6 fully saturated rings. The van der Waals surface area contributed by atoms with Crippen LogP contribution in [0.25, 0.3) is 6.08 Å². The van der Waals surface area contributed by atoms with Crippen LogP contribution in [-0.2, 0) is 23.1 Å². The Hall–Kier alpha value is 0.113. The van der Waals surface area contributed by atoms with Gasteiger partial charge in [-0.2, -0.15) is 0 Å². The van der Waals surface area contributed by atoms with Crippen LogP contribution in [0, 0.1) is 0 Å². The monoisotopic (exact) mass is 793 g/mol. The summed E-state index contributed by atoms with van der Waals surface area (Å²) in [7, 11) is 0.770.